The van der Waals surface area contributed by atoms with Crippen molar-refractivity contribution in [3.63, 3.8) is 0 Å². The third-order valence-corrected chi connectivity index (χ3v) is 8.41. The summed E-state index contributed by atoms with van der Waals surface area (Å²) < 4.78 is 33.9. The maximum Gasteiger partial charge on any atom is 0.343 e. The van der Waals surface area contributed by atoms with Gasteiger partial charge in [0.2, 0.25) is 0 Å². The SMILES string of the molecule is Cc1cc(OC(=O)C2CCC3OC3C2)ccc1OC(=O)c1ccc(OCCCCOCC2CCC3OC3C2)cc1. The smallest absolute Gasteiger partial charge is 0.343 e. The molecule has 8 nitrogen and oxygen atoms in total. The highest BCUT2D eigenvalue weighted by atomic mass is 16.6. The number of rotatable bonds is 12. The Kier molecular flexibility index (Phi) is 8.37. The Morgan fingerprint density at radius 3 is 2.27 bits per heavy atom. The lowest BCUT2D eigenvalue weighted by atomic mass is 9.89. The van der Waals surface area contributed by atoms with Gasteiger partial charge in [0.05, 0.1) is 42.5 Å². The highest BCUT2D eigenvalue weighted by molar-refractivity contribution is 5.91. The second kappa shape index (κ2) is 12.3. The molecule has 214 valence electrons. The summed E-state index contributed by atoms with van der Waals surface area (Å²) in [4.78, 5) is 25.2. The monoisotopic (exact) mass is 550 g/mol. The van der Waals surface area contributed by atoms with Gasteiger partial charge < -0.3 is 28.4 Å². The molecule has 40 heavy (non-hydrogen) atoms. The summed E-state index contributed by atoms with van der Waals surface area (Å²) in [6, 6.07) is 12.0. The number of fused-ring (bicyclic) bond motifs is 2. The Balaban J connectivity index is 0.885. The predicted octanol–water partition coefficient (Wildman–Crippen LogP) is 5.43. The van der Waals surface area contributed by atoms with Crippen molar-refractivity contribution >= 4 is 11.9 Å². The Bertz CT molecular complexity index is 1190. The molecule has 0 bridgehead atoms. The van der Waals surface area contributed by atoms with Crippen LogP contribution in [0, 0.1) is 18.8 Å². The number of carbonyl (C=O) groups excluding carboxylic acids is 2. The van der Waals surface area contributed by atoms with Crippen molar-refractivity contribution in [1.29, 1.82) is 0 Å². The van der Waals surface area contributed by atoms with Crippen molar-refractivity contribution < 1.29 is 38.0 Å². The van der Waals surface area contributed by atoms with Crippen molar-refractivity contribution in [1.82, 2.24) is 0 Å². The highest BCUT2D eigenvalue weighted by Gasteiger charge is 2.46. The number of carbonyl (C=O) groups is 2. The van der Waals surface area contributed by atoms with E-state index in [4.69, 9.17) is 28.4 Å². The molecule has 2 aromatic rings. The molecule has 6 rings (SSSR count). The summed E-state index contributed by atoms with van der Waals surface area (Å²) in [6.45, 7) is 4.00. The molecule has 6 unspecified atom stereocenters. The van der Waals surface area contributed by atoms with Crippen LogP contribution >= 0.6 is 0 Å². The fourth-order valence-corrected chi connectivity index (χ4v) is 5.85. The molecule has 2 heterocycles. The molecule has 6 atom stereocenters. The van der Waals surface area contributed by atoms with Crippen molar-refractivity contribution in [2.75, 3.05) is 19.8 Å². The van der Waals surface area contributed by atoms with E-state index in [0.717, 1.165) is 51.7 Å². The minimum Gasteiger partial charge on any atom is -0.494 e. The van der Waals surface area contributed by atoms with Gasteiger partial charge in [0.15, 0.2) is 0 Å². The van der Waals surface area contributed by atoms with Crippen molar-refractivity contribution in [2.45, 2.75) is 82.7 Å². The van der Waals surface area contributed by atoms with Gasteiger partial charge in [0, 0.05) is 13.2 Å². The lowest BCUT2D eigenvalue weighted by molar-refractivity contribution is -0.139. The van der Waals surface area contributed by atoms with E-state index in [2.05, 4.69) is 0 Å². The van der Waals surface area contributed by atoms with Gasteiger partial charge in [-0.3, -0.25) is 4.79 Å². The molecule has 2 aliphatic carbocycles. The van der Waals surface area contributed by atoms with Gasteiger partial charge in [-0.1, -0.05) is 0 Å². The summed E-state index contributed by atoms with van der Waals surface area (Å²) in [5.74, 6) is 1.42. The van der Waals surface area contributed by atoms with Gasteiger partial charge in [-0.2, -0.15) is 0 Å². The zero-order valence-corrected chi connectivity index (χ0v) is 23.0. The first kappa shape index (κ1) is 27.2. The van der Waals surface area contributed by atoms with E-state index in [-0.39, 0.29) is 18.0 Å². The van der Waals surface area contributed by atoms with Crippen LogP contribution in [-0.2, 0) is 19.0 Å². The topological polar surface area (TPSA) is 96.1 Å². The second-order valence-electron chi connectivity index (χ2n) is 11.5. The summed E-state index contributed by atoms with van der Waals surface area (Å²) in [5, 5.41) is 0. The molecule has 4 aliphatic rings. The second-order valence-corrected chi connectivity index (χ2v) is 11.5. The number of hydrogen-bond donors (Lipinski definition) is 0. The van der Waals surface area contributed by atoms with Crippen LogP contribution in [0.2, 0.25) is 0 Å². The lowest BCUT2D eigenvalue weighted by Gasteiger charge is -2.18. The molecular formula is C32H38O8. The van der Waals surface area contributed by atoms with E-state index in [9.17, 15) is 9.59 Å². The highest BCUT2D eigenvalue weighted by Crippen LogP contribution is 2.40. The van der Waals surface area contributed by atoms with Gasteiger partial charge in [0.25, 0.3) is 0 Å². The normalized spacial score (nSPS) is 28.1. The average molecular weight is 551 g/mol. The molecule has 2 aliphatic heterocycles. The summed E-state index contributed by atoms with van der Waals surface area (Å²) in [5.41, 5.74) is 1.14. The number of benzene rings is 2. The number of ether oxygens (including phenoxy) is 6. The van der Waals surface area contributed by atoms with E-state index in [1.165, 1.54) is 12.8 Å². The fraction of sp³-hybridized carbons (Fsp3) is 0.562. The predicted molar refractivity (Wildman–Crippen MR) is 146 cm³/mol. The van der Waals surface area contributed by atoms with Crippen LogP contribution < -0.4 is 14.2 Å². The maximum atomic E-state index is 12.7. The minimum absolute atomic E-state index is 0.125. The first-order valence-electron chi connectivity index (χ1n) is 14.7. The van der Waals surface area contributed by atoms with Crippen LogP contribution in [0.15, 0.2) is 42.5 Å². The molecule has 2 saturated carbocycles. The van der Waals surface area contributed by atoms with Gasteiger partial charge in [0.1, 0.15) is 17.2 Å². The van der Waals surface area contributed by atoms with Gasteiger partial charge in [-0.05, 0) is 112 Å². The third kappa shape index (κ3) is 7.03. The quantitative estimate of drug-likeness (QED) is 0.149. The molecule has 0 radical (unpaired) electrons. The number of unbranched alkanes of at least 4 members (excludes halogenated alkanes) is 1. The Morgan fingerprint density at radius 1 is 0.800 bits per heavy atom. The fourth-order valence-electron chi connectivity index (χ4n) is 5.85. The molecule has 8 heteroatoms. The molecular weight excluding hydrogens is 512 g/mol. The number of hydrogen-bond acceptors (Lipinski definition) is 8. The van der Waals surface area contributed by atoms with Crippen LogP contribution in [0.5, 0.6) is 17.2 Å². The van der Waals surface area contributed by atoms with E-state index < -0.39 is 5.97 Å². The lowest BCUT2D eigenvalue weighted by Crippen LogP contribution is -2.25. The first-order chi connectivity index (χ1) is 19.5. The molecule has 0 N–H and O–H groups in total. The Labute approximate surface area is 235 Å². The minimum atomic E-state index is -0.459. The zero-order valence-electron chi connectivity index (χ0n) is 23.0. The zero-order chi connectivity index (χ0) is 27.5. The third-order valence-electron chi connectivity index (χ3n) is 8.41. The van der Waals surface area contributed by atoms with Gasteiger partial charge in [-0.15, -0.1) is 0 Å². The van der Waals surface area contributed by atoms with Crippen molar-refractivity contribution in [3.8, 4) is 17.2 Å². The number of epoxide rings is 2. The maximum absolute atomic E-state index is 12.7. The summed E-state index contributed by atoms with van der Waals surface area (Å²) in [7, 11) is 0. The van der Waals surface area contributed by atoms with Crippen LogP contribution in [0.1, 0.15) is 67.3 Å². The van der Waals surface area contributed by atoms with Crippen LogP contribution in [-0.4, -0.2) is 56.2 Å². The molecule has 0 amide bonds. The molecule has 2 aromatic carbocycles. The van der Waals surface area contributed by atoms with E-state index >= 15 is 0 Å². The number of aryl methyl sites for hydroxylation is 1. The van der Waals surface area contributed by atoms with E-state index in [1.807, 2.05) is 6.92 Å². The van der Waals surface area contributed by atoms with Crippen LogP contribution in [0.4, 0.5) is 0 Å². The largest absolute Gasteiger partial charge is 0.494 e. The van der Waals surface area contributed by atoms with Crippen LogP contribution in [0.25, 0.3) is 0 Å². The van der Waals surface area contributed by atoms with Gasteiger partial charge >= 0.3 is 11.9 Å². The summed E-state index contributed by atoms with van der Waals surface area (Å²) >= 11 is 0. The van der Waals surface area contributed by atoms with Crippen molar-refractivity contribution in [2.24, 2.45) is 11.8 Å². The standard InChI is InChI=1S/C32H38O8/c1-20-16-25(37-32(34)23-7-12-28-30(18-23)39-28)10-13-26(20)40-31(33)22-5-8-24(9-6-22)36-15-3-2-14-35-19-21-4-11-27-29(17-21)38-27/h5-6,8-10,13,16,21,23,27-30H,2-4,7,11-12,14-15,17-19H2,1H3. The Morgan fingerprint density at radius 2 is 1.52 bits per heavy atom. The van der Waals surface area contributed by atoms with Gasteiger partial charge in [-0.25, -0.2) is 4.79 Å². The number of esters is 2. The van der Waals surface area contributed by atoms with E-state index in [1.54, 1.807) is 42.5 Å². The average Bonchev–Trinajstić information content (AvgIpc) is 3.88. The van der Waals surface area contributed by atoms with Crippen molar-refractivity contribution in [3.05, 3.63) is 53.6 Å². The summed E-state index contributed by atoms with van der Waals surface area (Å²) in [6.07, 6.45) is 9.47. The molecule has 0 spiro atoms. The first-order valence-corrected chi connectivity index (χ1v) is 14.7. The molecule has 0 aromatic heterocycles. The molecule has 2 saturated heterocycles. The van der Waals surface area contributed by atoms with E-state index in [0.29, 0.717) is 59.2 Å². The van der Waals surface area contributed by atoms with Crippen LogP contribution in [0.3, 0.4) is 0 Å². The Hall–Kier alpha value is -2.94. The molecule has 4 fully saturated rings.